The van der Waals surface area contributed by atoms with Crippen LogP contribution in [0, 0.1) is 18.3 Å². The van der Waals surface area contributed by atoms with E-state index in [1.54, 1.807) is 12.1 Å². The van der Waals surface area contributed by atoms with E-state index in [0.717, 1.165) is 16.4 Å². The summed E-state index contributed by atoms with van der Waals surface area (Å²) in [6, 6.07) is 1.24. The molecule has 8 heteroatoms. The molecule has 0 radical (unpaired) electrons. The van der Waals surface area contributed by atoms with Crippen LogP contribution in [0.2, 0.25) is 0 Å². The Morgan fingerprint density at radius 2 is 1.93 bits per heavy atom. The Hall–Kier alpha value is -1.93. The van der Waals surface area contributed by atoms with Crippen LogP contribution in [0.15, 0.2) is 6.07 Å². The molecule has 0 spiro atoms. The van der Waals surface area contributed by atoms with Crippen molar-refractivity contribution in [2.45, 2.75) is 65.3 Å². The highest BCUT2D eigenvalue weighted by molar-refractivity contribution is 5.92. The summed E-state index contributed by atoms with van der Waals surface area (Å²) in [5.74, 6) is 0.0149. The van der Waals surface area contributed by atoms with Gasteiger partial charge in [0.05, 0.1) is 18.0 Å². The molecule has 1 amide bonds. The first-order chi connectivity index (χ1) is 13.8. The summed E-state index contributed by atoms with van der Waals surface area (Å²) >= 11 is 0. The average molecular weight is 425 g/mol. The fourth-order valence-corrected chi connectivity index (χ4v) is 4.05. The van der Waals surface area contributed by atoms with Gasteiger partial charge in [-0.05, 0) is 54.7 Å². The maximum absolute atomic E-state index is 12.7. The number of aliphatic hydroxyl groups excluding tert-OH is 1. The van der Waals surface area contributed by atoms with Crippen LogP contribution in [-0.4, -0.2) is 47.4 Å². The summed E-state index contributed by atoms with van der Waals surface area (Å²) in [7, 11) is 0. The number of rotatable bonds is 5. The minimum absolute atomic E-state index is 0.269. The number of pyridine rings is 1. The second-order valence-electron chi connectivity index (χ2n) is 9.49. The Kier molecular flexibility index (Phi) is 6.30. The molecule has 2 aliphatic carbocycles. The number of halogens is 3. The van der Waals surface area contributed by atoms with E-state index in [2.05, 4.69) is 15.6 Å². The van der Waals surface area contributed by atoms with Crippen LogP contribution >= 0.6 is 0 Å². The summed E-state index contributed by atoms with van der Waals surface area (Å²) in [6.45, 7) is 7.31. The van der Waals surface area contributed by atoms with Crippen molar-refractivity contribution in [1.82, 2.24) is 15.6 Å². The van der Waals surface area contributed by atoms with Crippen molar-refractivity contribution in [2.24, 2.45) is 11.3 Å². The molecule has 0 aromatic carbocycles. The highest BCUT2D eigenvalue weighted by atomic mass is 19.4. The monoisotopic (exact) mass is 425 g/mol. The van der Waals surface area contributed by atoms with Crippen molar-refractivity contribution in [2.75, 3.05) is 13.1 Å². The van der Waals surface area contributed by atoms with E-state index in [-0.39, 0.29) is 23.3 Å². The summed E-state index contributed by atoms with van der Waals surface area (Å²) in [5.41, 5.74) is 1.74. The summed E-state index contributed by atoms with van der Waals surface area (Å²) in [6.07, 6.45) is -0.961. The van der Waals surface area contributed by atoms with E-state index in [1.165, 1.54) is 0 Å². The first-order valence-corrected chi connectivity index (χ1v) is 10.3. The zero-order valence-corrected chi connectivity index (χ0v) is 17.9. The van der Waals surface area contributed by atoms with E-state index >= 15 is 0 Å². The van der Waals surface area contributed by atoms with Crippen LogP contribution in [0.5, 0.6) is 0 Å². The lowest BCUT2D eigenvalue weighted by Gasteiger charge is -2.31. The van der Waals surface area contributed by atoms with Crippen LogP contribution in [0.4, 0.5) is 13.2 Å². The number of aromatic nitrogens is 1. The lowest BCUT2D eigenvalue weighted by molar-refractivity contribution is -0.125. The number of aryl methyl sites for hydroxylation is 1. The predicted octanol–water partition coefficient (Wildman–Crippen LogP) is 1.79. The maximum atomic E-state index is 12.7. The number of hydrogen-bond donors (Lipinski definition) is 3. The molecule has 0 aliphatic heterocycles. The van der Waals surface area contributed by atoms with Gasteiger partial charge in [0.15, 0.2) is 0 Å². The largest absolute Gasteiger partial charge is 0.401 e. The van der Waals surface area contributed by atoms with Gasteiger partial charge >= 0.3 is 6.18 Å². The molecule has 1 fully saturated rings. The molecule has 1 aromatic heterocycles. The van der Waals surface area contributed by atoms with Crippen LogP contribution in [0.3, 0.4) is 0 Å². The molecule has 1 saturated carbocycles. The number of alkyl halides is 3. The Bertz CT molecular complexity index is 929. The second-order valence-corrected chi connectivity index (χ2v) is 9.49. The van der Waals surface area contributed by atoms with E-state index in [4.69, 9.17) is 0 Å². The topological polar surface area (TPSA) is 74.2 Å². The molecule has 1 aromatic rings. The number of fused-ring (bicyclic) bond motifs is 1. The van der Waals surface area contributed by atoms with Gasteiger partial charge in [0.1, 0.15) is 5.69 Å². The van der Waals surface area contributed by atoms with Crippen molar-refractivity contribution in [3.8, 4) is 0 Å². The van der Waals surface area contributed by atoms with Crippen molar-refractivity contribution in [3.05, 3.63) is 27.9 Å². The van der Waals surface area contributed by atoms with Crippen LogP contribution < -0.4 is 21.2 Å². The predicted molar refractivity (Wildman–Crippen MR) is 109 cm³/mol. The lowest BCUT2D eigenvalue weighted by Crippen LogP contribution is -2.47. The lowest BCUT2D eigenvalue weighted by atomic mass is 9.79. The second kappa shape index (κ2) is 8.30. The maximum Gasteiger partial charge on any atom is 0.401 e. The third-order valence-electron chi connectivity index (χ3n) is 5.81. The Morgan fingerprint density at radius 3 is 2.50 bits per heavy atom. The van der Waals surface area contributed by atoms with Gasteiger partial charge in [-0.3, -0.25) is 4.79 Å². The van der Waals surface area contributed by atoms with Crippen LogP contribution in [-0.2, 0) is 0 Å². The minimum atomic E-state index is -4.28. The van der Waals surface area contributed by atoms with E-state index in [1.807, 2.05) is 27.7 Å². The van der Waals surface area contributed by atoms with E-state index in [0.29, 0.717) is 36.9 Å². The third-order valence-corrected chi connectivity index (χ3v) is 5.81. The fourth-order valence-electron chi connectivity index (χ4n) is 4.05. The fraction of sp³-hybridized carbons (Fsp3) is 0.636. The zero-order chi connectivity index (χ0) is 22.3. The molecule has 30 heavy (non-hydrogen) atoms. The highest BCUT2D eigenvalue weighted by Gasteiger charge is 2.31. The van der Waals surface area contributed by atoms with Crippen LogP contribution in [0.25, 0.3) is 11.6 Å². The van der Waals surface area contributed by atoms with Gasteiger partial charge in [-0.25, -0.2) is 4.98 Å². The molecular formula is C22H30F3N3O2. The molecule has 5 nitrogen and oxygen atoms in total. The van der Waals surface area contributed by atoms with Gasteiger partial charge in [-0.2, -0.15) is 13.2 Å². The number of hydrogen-bond acceptors (Lipinski definition) is 4. The zero-order valence-electron chi connectivity index (χ0n) is 17.9. The van der Waals surface area contributed by atoms with E-state index < -0.39 is 18.8 Å². The van der Waals surface area contributed by atoms with Gasteiger partial charge in [0, 0.05) is 17.8 Å². The van der Waals surface area contributed by atoms with Crippen molar-refractivity contribution >= 4 is 17.6 Å². The number of nitrogens with one attached hydrogen (secondary N) is 2. The third kappa shape index (κ3) is 5.40. The molecule has 2 aliphatic rings. The first kappa shape index (κ1) is 22.7. The number of carbonyl (C=O) groups is 1. The van der Waals surface area contributed by atoms with Gasteiger partial charge in [-0.1, -0.05) is 26.8 Å². The minimum Gasteiger partial charge on any atom is -0.393 e. The number of carbonyl (C=O) groups excluding carboxylic acids is 1. The summed E-state index contributed by atoms with van der Waals surface area (Å²) in [4.78, 5) is 17.3. The first-order valence-electron chi connectivity index (χ1n) is 10.3. The Labute approximate surface area is 174 Å². The van der Waals surface area contributed by atoms with Crippen molar-refractivity contribution in [1.29, 1.82) is 0 Å². The highest BCUT2D eigenvalue weighted by Crippen LogP contribution is 2.30. The van der Waals surface area contributed by atoms with Crippen molar-refractivity contribution in [3.63, 3.8) is 0 Å². The quantitative estimate of drug-likeness (QED) is 0.673. The molecule has 1 heterocycles. The molecule has 3 N–H and O–H groups in total. The van der Waals surface area contributed by atoms with Gasteiger partial charge < -0.3 is 15.7 Å². The molecule has 1 atom stereocenters. The Morgan fingerprint density at radius 1 is 1.27 bits per heavy atom. The number of amides is 1. The molecule has 3 rings (SSSR count). The summed E-state index contributed by atoms with van der Waals surface area (Å²) < 4.78 is 38.1. The SMILES string of the molecule is Cc1cc(C(=O)NC[C@H]2C[C@@H](O)C2)nc2c1=CC(NCC(F)(F)F)CC=2C(C)(C)C. The molecular weight excluding hydrogens is 395 g/mol. The number of nitrogens with zero attached hydrogens (tertiary/aromatic N) is 1. The average Bonchev–Trinajstić information content (AvgIpc) is 2.60. The number of aliphatic hydroxyl groups is 1. The normalized spacial score (nSPS) is 24.0. The van der Waals surface area contributed by atoms with E-state index in [9.17, 15) is 23.1 Å². The molecule has 166 valence electrons. The van der Waals surface area contributed by atoms with Gasteiger partial charge in [-0.15, -0.1) is 0 Å². The van der Waals surface area contributed by atoms with Gasteiger partial charge in [0.2, 0.25) is 0 Å². The molecule has 0 bridgehead atoms. The summed E-state index contributed by atoms with van der Waals surface area (Å²) in [5, 5.41) is 16.3. The standard InChI is InChI=1S/C22H30F3N3O2/c1-12-5-18(20(30)26-10-13-6-15(29)7-13)28-19-16(12)8-14(27-11-22(23,24)25)9-17(19)21(2,3)4/h5,8,13-15,27,29H,6-7,9-11H2,1-4H3,(H,26,30)/t13-,14?,15+. The van der Waals surface area contributed by atoms with Crippen LogP contribution in [0.1, 0.15) is 56.1 Å². The molecule has 1 unspecified atom stereocenters. The van der Waals surface area contributed by atoms with Crippen molar-refractivity contribution < 1.29 is 23.1 Å². The Balaban J connectivity index is 1.91. The van der Waals surface area contributed by atoms with Gasteiger partial charge in [0.25, 0.3) is 5.91 Å². The molecule has 0 saturated heterocycles. The smallest absolute Gasteiger partial charge is 0.393 e.